The van der Waals surface area contributed by atoms with Gasteiger partial charge in [-0.1, -0.05) is 20.8 Å². The fourth-order valence-corrected chi connectivity index (χ4v) is 2.67. The molecule has 116 valence electrons. The average molecular weight is 282 g/mol. The molecule has 0 aromatic heterocycles. The first kappa shape index (κ1) is 17.0. The monoisotopic (exact) mass is 282 g/mol. The highest BCUT2D eigenvalue weighted by molar-refractivity contribution is 6.04. The van der Waals surface area contributed by atoms with Crippen molar-refractivity contribution in [1.82, 2.24) is 10.2 Å². The maximum Gasteiger partial charge on any atom is 0.237 e. The van der Waals surface area contributed by atoms with Gasteiger partial charge in [0.1, 0.15) is 5.41 Å². The summed E-state index contributed by atoms with van der Waals surface area (Å²) in [5.41, 5.74) is -0.973. The second-order valence-electron chi connectivity index (χ2n) is 6.79. The van der Waals surface area contributed by atoms with E-state index >= 15 is 0 Å². The highest BCUT2D eigenvalue weighted by Crippen LogP contribution is 2.27. The van der Waals surface area contributed by atoms with Gasteiger partial charge in [0, 0.05) is 19.1 Å². The Morgan fingerprint density at radius 2 is 1.95 bits per heavy atom. The van der Waals surface area contributed by atoms with Crippen LogP contribution in [0.1, 0.15) is 60.3 Å². The molecule has 2 amide bonds. The molecule has 1 unspecified atom stereocenters. The molecule has 1 heterocycles. The van der Waals surface area contributed by atoms with E-state index in [1.165, 1.54) is 6.42 Å². The number of carbonyl (C=O) groups excluding carboxylic acids is 2. The molecule has 0 aromatic rings. The molecule has 1 aliphatic heterocycles. The quantitative estimate of drug-likeness (QED) is 0.788. The number of piperidine rings is 1. The Morgan fingerprint density at radius 3 is 2.50 bits per heavy atom. The van der Waals surface area contributed by atoms with E-state index in [1.54, 1.807) is 13.8 Å². The molecule has 0 bridgehead atoms. The molecule has 1 aliphatic rings. The van der Waals surface area contributed by atoms with E-state index in [0.29, 0.717) is 18.5 Å². The summed E-state index contributed by atoms with van der Waals surface area (Å²) in [6.07, 6.45) is 4.26. The van der Waals surface area contributed by atoms with E-state index in [9.17, 15) is 9.59 Å². The van der Waals surface area contributed by atoms with Gasteiger partial charge in [-0.2, -0.15) is 0 Å². The van der Waals surface area contributed by atoms with Crippen LogP contribution in [0.4, 0.5) is 0 Å². The van der Waals surface area contributed by atoms with E-state index in [-0.39, 0.29) is 11.8 Å². The molecule has 0 aromatic carbocycles. The molecular formula is C16H30N2O2. The minimum atomic E-state index is -0.973. The van der Waals surface area contributed by atoms with Gasteiger partial charge in [-0.05, 0) is 45.4 Å². The Labute approximate surface area is 123 Å². The Bertz CT molecular complexity index is 350. The first-order valence-electron chi connectivity index (χ1n) is 7.90. The van der Waals surface area contributed by atoms with E-state index in [0.717, 1.165) is 25.8 Å². The maximum atomic E-state index is 12.7. The SMILES string of the molecule is CCC1CCCCN1C(=O)C(C)(C)C(=O)NCC(C)C. The van der Waals surface area contributed by atoms with Crippen LogP contribution >= 0.6 is 0 Å². The van der Waals surface area contributed by atoms with Crippen LogP contribution in [0.15, 0.2) is 0 Å². The molecule has 0 spiro atoms. The summed E-state index contributed by atoms with van der Waals surface area (Å²) in [5.74, 6) is 0.213. The Kier molecular flexibility index (Phi) is 6.03. The van der Waals surface area contributed by atoms with Crippen LogP contribution in [-0.4, -0.2) is 35.8 Å². The molecule has 0 saturated carbocycles. The number of rotatable bonds is 5. The third-order valence-corrected chi connectivity index (χ3v) is 4.13. The van der Waals surface area contributed by atoms with Gasteiger partial charge in [0.15, 0.2) is 0 Å². The molecule has 4 heteroatoms. The fourth-order valence-electron chi connectivity index (χ4n) is 2.67. The summed E-state index contributed by atoms with van der Waals surface area (Å²) in [6.45, 7) is 11.1. The van der Waals surface area contributed by atoms with Crippen molar-refractivity contribution in [1.29, 1.82) is 0 Å². The molecule has 0 aliphatic carbocycles. The Hall–Kier alpha value is -1.06. The molecule has 1 saturated heterocycles. The molecule has 1 rings (SSSR count). The standard InChI is InChI=1S/C16H30N2O2/c1-6-13-9-7-8-10-18(13)15(20)16(4,5)14(19)17-11-12(2)3/h12-13H,6-11H2,1-5H3,(H,17,19). The number of likely N-dealkylation sites (tertiary alicyclic amines) is 1. The number of hydrogen-bond acceptors (Lipinski definition) is 2. The van der Waals surface area contributed by atoms with E-state index in [4.69, 9.17) is 0 Å². The van der Waals surface area contributed by atoms with Crippen LogP contribution in [0, 0.1) is 11.3 Å². The van der Waals surface area contributed by atoms with Crippen molar-refractivity contribution in [3.8, 4) is 0 Å². The zero-order chi connectivity index (χ0) is 15.3. The van der Waals surface area contributed by atoms with Gasteiger partial charge in [-0.15, -0.1) is 0 Å². The second-order valence-corrected chi connectivity index (χ2v) is 6.79. The van der Waals surface area contributed by atoms with Crippen molar-refractivity contribution in [2.45, 2.75) is 66.3 Å². The Balaban J connectivity index is 2.74. The predicted octanol–water partition coefficient (Wildman–Crippen LogP) is 2.58. The minimum absolute atomic E-state index is 0.0229. The zero-order valence-corrected chi connectivity index (χ0v) is 13.7. The lowest BCUT2D eigenvalue weighted by Crippen LogP contribution is -2.54. The van der Waals surface area contributed by atoms with Gasteiger partial charge in [0.2, 0.25) is 11.8 Å². The van der Waals surface area contributed by atoms with Crippen LogP contribution in [0.25, 0.3) is 0 Å². The summed E-state index contributed by atoms with van der Waals surface area (Å²) in [4.78, 5) is 27.0. The lowest BCUT2D eigenvalue weighted by Gasteiger charge is -2.39. The number of nitrogens with zero attached hydrogens (tertiary/aromatic N) is 1. The van der Waals surface area contributed by atoms with E-state index in [2.05, 4.69) is 12.2 Å². The molecule has 1 N–H and O–H groups in total. The van der Waals surface area contributed by atoms with Gasteiger partial charge in [0.25, 0.3) is 0 Å². The number of hydrogen-bond donors (Lipinski definition) is 1. The maximum absolute atomic E-state index is 12.7. The van der Waals surface area contributed by atoms with Crippen molar-refractivity contribution < 1.29 is 9.59 Å². The predicted molar refractivity (Wildman–Crippen MR) is 81.3 cm³/mol. The molecule has 0 radical (unpaired) electrons. The van der Waals surface area contributed by atoms with Crippen LogP contribution in [0.3, 0.4) is 0 Å². The molecule has 20 heavy (non-hydrogen) atoms. The van der Waals surface area contributed by atoms with Crippen molar-refractivity contribution in [3.63, 3.8) is 0 Å². The average Bonchev–Trinajstić information content (AvgIpc) is 2.43. The second kappa shape index (κ2) is 7.09. The lowest BCUT2D eigenvalue weighted by atomic mass is 9.87. The van der Waals surface area contributed by atoms with Crippen molar-refractivity contribution in [2.75, 3.05) is 13.1 Å². The highest BCUT2D eigenvalue weighted by atomic mass is 16.2. The van der Waals surface area contributed by atoms with Gasteiger partial charge in [0.05, 0.1) is 0 Å². The third kappa shape index (κ3) is 3.97. The van der Waals surface area contributed by atoms with Crippen LogP contribution in [-0.2, 0) is 9.59 Å². The van der Waals surface area contributed by atoms with Gasteiger partial charge in [-0.3, -0.25) is 9.59 Å². The first-order valence-corrected chi connectivity index (χ1v) is 7.90. The number of amides is 2. The van der Waals surface area contributed by atoms with Crippen LogP contribution in [0.5, 0.6) is 0 Å². The fraction of sp³-hybridized carbons (Fsp3) is 0.875. The van der Waals surface area contributed by atoms with E-state index < -0.39 is 5.41 Å². The topological polar surface area (TPSA) is 49.4 Å². The number of nitrogens with one attached hydrogen (secondary N) is 1. The van der Waals surface area contributed by atoms with Gasteiger partial charge in [-0.25, -0.2) is 0 Å². The van der Waals surface area contributed by atoms with Crippen molar-refractivity contribution in [3.05, 3.63) is 0 Å². The molecule has 4 nitrogen and oxygen atoms in total. The molecular weight excluding hydrogens is 252 g/mol. The summed E-state index contributed by atoms with van der Waals surface area (Å²) in [7, 11) is 0. The van der Waals surface area contributed by atoms with Gasteiger partial charge < -0.3 is 10.2 Å². The molecule has 1 fully saturated rings. The summed E-state index contributed by atoms with van der Waals surface area (Å²) < 4.78 is 0. The Morgan fingerprint density at radius 1 is 1.30 bits per heavy atom. The summed E-state index contributed by atoms with van der Waals surface area (Å²) in [5, 5.41) is 2.89. The van der Waals surface area contributed by atoms with Crippen LogP contribution in [0.2, 0.25) is 0 Å². The molecule has 1 atom stereocenters. The number of carbonyl (C=O) groups is 2. The highest BCUT2D eigenvalue weighted by Gasteiger charge is 2.41. The third-order valence-electron chi connectivity index (χ3n) is 4.13. The zero-order valence-electron chi connectivity index (χ0n) is 13.7. The first-order chi connectivity index (χ1) is 9.30. The summed E-state index contributed by atoms with van der Waals surface area (Å²) in [6, 6.07) is 0.299. The van der Waals surface area contributed by atoms with Crippen molar-refractivity contribution >= 4 is 11.8 Å². The van der Waals surface area contributed by atoms with E-state index in [1.807, 2.05) is 18.7 Å². The smallest absolute Gasteiger partial charge is 0.237 e. The van der Waals surface area contributed by atoms with Gasteiger partial charge >= 0.3 is 0 Å². The lowest BCUT2D eigenvalue weighted by molar-refractivity contribution is -0.151. The van der Waals surface area contributed by atoms with Crippen LogP contribution < -0.4 is 5.32 Å². The minimum Gasteiger partial charge on any atom is -0.355 e. The largest absolute Gasteiger partial charge is 0.355 e. The normalized spacial score (nSPS) is 20.1. The van der Waals surface area contributed by atoms with Crippen molar-refractivity contribution in [2.24, 2.45) is 11.3 Å². The summed E-state index contributed by atoms with van der Waals surface area (Å²) >= 11 is 0.